The van der Waals surface area contributed by atoms with E-state index in [2.05, 4.69) is 60.9 Å². The van der Waals surface area contributed by atoms with Crippen molar-refractivity contribution in [1.82, 2.24) is 4.48 Å². The zero-order chi connectivity index (χ0) is 9.90. The van der Waals surface area contributed by atoms with E-state index >= 15 is 0 Å². The molecule has 3 heteroatoms. The van der Waals surface area contributed by atoms with Crippen LogP contribution in [0.3, 0.4) is 0 Å². The van der Waals surface area contributed by atoms with Gasteiger partial charge in [-0.05, 0) is 18.2 Å². The van der Waals surface area contributed by atoms with Crippen LogP contribution in [0.5, 0.6) is 0 Å². The quantitative estimate of drug-likeness (QED) is 0.547. The molecule has 1 aromatic rings. The van der Waals surface area contributed by atoms with Crippen LogP contribution in [0.25, 0.3) is 0 Å². The Labute approximate surface area is 101 Å². The van der Waals surface area contributed by atoms with Crippen LogP contribution in [0.2, 0.25) is 0 Å². The smallest absolute Gasteiger partial charge is 0.132 e. The Morgan fingerprint density at radius 2 is 1.79 bits per heavy atom. The number of quaternary nitrogens is 1. The van der Waals surface area contributed by atoms with E-state index in [-0.39, 0.29) is 12.4 Å². The maximum absolute atomic E-state index is 3.76. The van der Waals surface area contributed by atoms with Crippen molar-refractivity contribution in [3.05, 3.63) is 41.4 Å². The third-order valence-corrected chi connectivity index (χ3v) is 2.64. The largest absolute Gasteiger partial charge is 1.00 e. The van der Waals surface area contributed by atoms with E-state index < -0.39 is 0 Å². The molecule has 0 unspecified atom stereocenters. The summed E-state index contributed by atoms with van der Waals surface area (Å²) in [6.45, 7) is 4.71. The van der Waals surface area contributed by atoms with Gasteiger partial charge in [0, 0.05) is 16.6 Å². The number of hydrogen-bond donors (Lipinski definition) is 0. The number of likely N-dealkylation sites (N-methyl/N-ethyl adjacent to an activating group) is 1. The van der Waals surface area contributed by atoms with E-state index in [1.165, 1.54) is 5.69 Å². The molecular formula is C11H15BrClN. The average molecular weight is 277 g/mol. The van der Waals surface area contributed by atoms with Gasteiger partial charge in [0.1, 0.15) is 12.2 Å². The molecule has 0 bridgehead atoms. The molecule has 0 atom stereocenters. The van der Waals surface area contributed by atoms with E-state index in [4.69, 9.17) is 0 Å². The molecule has 14 heavy (non-hydrogen) atoms. The lowest BCUT2D eigenvalue weighted by Crippen LogP contribution is -3.00. The number of nitrogens with zero attached hydrogens (tertiary/aromatic N) is 1. The van der Waals surface area contributed by atoms with Crippen molar-refractivity contribution in [3.63, 3.8) is 0 Å². The minimum atomic E-state index is 0. The minimum Gasteiger partial charge on any atom is -1.00 e. The van der Waals surface area contributed by atoms with E-state index in [1.54, 1.807) is 0 Å². The molecule has 0 heterocycles. The Bertz CT molecular complexity index is 293. The first kappa shape index (κ1) is 13.7. The Hall–Kier alpha value is -0.310. The topological polar surface area (TPSA) is 0 Å². The van der Waals surface area contributed by atoms with Gasteiger partial charge in [-0.3, -0.25) is 4.48 Å². The third-order valence-electron chi connectivity index (χ3n) is 2.11. The summed E-state index contributed by atoms with van der Waals surface area (Å²) in [6, 6.07) is 8.40. The molecule has 0 fully saturated rings. The lowest BCUT2D eigenvalue weighted by molar-refractivity contribution is -0.00000275. The van der Waals surface area contributed by atoms with Crippen LogP contribution in [0, 0.1) is 0 Å². The summed E-state index contributed by atoms with van der Waals surface area (Å²) in [5, 5.41) is 0. The molecule has 0 aliphatic heterocycles. The van der Waals surface area contributed by atoms with Crippen molar-refractivity contribution >= 4 is 21.6 Å². The maximum atomic E-state index is 3.76. The molecule has 1 nitrogen and oxygen atoms in total. The predicted octanol–water partition coefficient (Wildman–Crippen LogP) is 0.206. The fraction of sp³-hybridized carbons (Fsp3) is 0.273. The molecule has 0 saturated heterocycles. The minimum absolute atomic E-state index is 0. The lowest BCUT2D eigenvalue weighted by Gasteiger charge is -2.27. The van der Waals surface area contributed by atoms with Crippen molar-refractivity contribution in [2.75, 3.05) is 20.6 Å². The van der Waals surface area contributed by atoms with Crippen LogP contribution in [0.4, 0.5) is 5.69 Å². The summed E-state index contributed by atoms with van der Waals surface area (Å²) in [6.07, 6.45) is 1.95. The van der Waals surface area contributed by atoms with Gasteiger partial charge in [0.15, 0.2) is 0 Å². The predicted molar refractivity (Wildman–Crippen MR) is 62.8 cm³/mol. The zero-order valence-corrected chi connectivity index (χ0v) is 10.8. The number of benzene rings is 1. The van der Waals surface area contributed by atoms with E-state index in [1.807, 2.05) is 6.08 Å². The summed E-state index contributed by atoms with van der Waals surface area (Å²) >= 11 is 3.42. The highest BCUT2D eigenvalue weighted by molar-refractivity contribution is 9.10. The van der Waals surface area contributed by atoms with Gasteiger partial charge >= 0.3 is 0 Å². The van der Waals surface area contributed by atoms with Gasteiger partial charge in [0.25, 0.3) is 0 Å². The first-order valence-electron chi connectivity index (χ1n) is 4.26. The second kappa shape index (κ2) is 5.54. The summed E-state index contributed by atoms with van der Waals surface area (Å²) < 4.78 is 1.96. The monoisotopic (exact) mass is 275 g/mol. The molecule has 0 N–H and O–H groups in total. The third kappa shape index (κ3) is 3.45. The van der Waals surface area contributed by atoms with Crippen molar-refractivity contribution in [2.45, 2.75) is 0 Å². The summed E-state index contributed by atoms with van der Waals surface area (Å²) in [7, 11) is 4.34. The summed E-state index contributed by atoms with van der Waals surface area (Å²) in [5.41, 5.74) is 1.29. The van der Waals surface area contributed by atoms with Crippen LogP contribution in [0.15, 0.2) is 41.4 Å². The Kier molecular flexibility index (Phi) is 5.42. The SMILES string of the molecule is C=CC[N+](C)(C)c1ccc(Br)cc1.[Cl-]. The van der Waals surface area contributed by atoms with Gasteiger partial charge in [-0.15, -0.1) is 0 Å². The van der Waals surface area contributed by atoms with Crippen molar-refractivity contribution in [3.8, 4) is 0 Å². The Morgan fingerprint density at radius 1 is 1.29 bits per heavy atom. The van der Waals surface area contributed by atoms with Crippen molar-refractivity contribution in [2.24, 2.45) is 0 Å². The molecule has 1 aromatic carbocycles. The standard InChI is InChI=1S/C11H15BrN.ClH/c1-4-9-13(2,3)11-7-5-10(12)6-8-11;/h4-8H,1,9H2,2-3H3;1H/q+1;/p-1. The van der Waals surface area contributed by atoms with Crippen LogP contribution in [-0.4, -0.2) is 20.6 Å². The molecule has 1 rings (SSSR count). The Balaban J connectivity index is 0.00000169. The van der Waals surface area contributed by atoms with E-state index in [9.17, 15) is 0 Å². The molecule has 78 valence electrons. The first-order valence-corrected chi connectivity index (χ1v) is 5.05. The number of rotatable bonds is 3. The van der Waals surface area contributed by atoms with E-state index in [0.29, 0.717) is 0 Å². The molecule has 0 saturated carbocycles. The average Bonchev–Trinajstić information content (AvgIpc) is 2.05. The highest BCUT2D eigenvalue weighted by Crippen LogP contribution is 2.21. The van der Waals surface area contributed by atoms with E-state index in [0.717, 1.165) is 15.5 Å². The molecule has 0 aliphatic rings. The van der Waals surface area contributed by atoms with Crippen molar-refractivity contribution < 1.29 is 12.4 Å². The molecule has 0 aliphatic carbocycles. The second-order valence-corrected chi connectivity index (χ2v) is 4.55. The van der Waals surface area contributed by atoms with Gasteiger partial charge in [0.2, 0.25) is 0 Å². The van der Waals surface area contributed by atoms with Crippen LogP contribution >= 0.6 is 15.9 Å². The molecule has 0 aromatic heterocycles. The first-order chi connectivity index (χ1) is 6.06. The molecule has 0 spiro atoms. The summed E-state index contributed by atoms with van der Waals surface area (Å²) in [4.78, 5) is 0. The highest BCUT2D eigenvalue weighted by Gasteiger charge is 2.15. The molecule has 0 radical (unpaired) electrons. The van der Waals surface area contributed by atoms with Crippen molar-refractivity contribution in [1.29, 1.82) is 0 Å². The fourth-order valence-electron chi connectivity index (χ4n) is 1.27. The van der Waals surface area contributed by atoms with Crippen LogP contribution in [0.1, 0.15) is 0 Å². The zero-order valence-electron chi connectivity index (χ0n) is 8.50. The Morgan fingerprint density at radius 3 is 2.21 bits per heavy atom. The molecule has 0 amide bonds. The fourth-order valence-corrected chi connectivity index (χ4v) is 1.54. The van der Waals surface area contributed by atoms with Gasteiger partial charge in [-0.1, -0.05) is 22.5 Å². The summed E-state index contributed by atoms with van der Waals surface area (Å²) in [5.74, 6) is 0. The normalized spacial score (nSPS) is 10.5. The maximum Gasteiger partial charge on any atom is 0.132 e. The number of halogens is 2. The van der Waals surface area contributed by atoms with Gasteiger partial charge in [-0.2, -0.15) is 0 Å². The van der Waals surface area contributed by atoms with Crippen LogP contribution in [-0.2, 0) is 0 Å². The van der Waals surface area contributed by atoms with Gasteiger partial charge in [-0.25, -0.2) is 0 Å². The molecular weight excluding hydrogens is 261 g/mol. The van der Waals surface area contributed by atoms with Gasteiger partial charge < -0.3 is 12.4 Å². The second-order valence-electron chi connectivity index (χ2n) is 3.63. The highest BCUT2D eigenvalue weighted by atomic mass is 79.9. The number of hydrogen-bond acceptors (Lipinski definition) is 0. The van der Waals surface area contributed by atoms with Crippen LogP contribution < -0.4 is 16.9 Å². The lowest BCUT2D eigenvalue weighted by atomic mass is 10.2. The van der Waals surface area contributed by atoms with Gasteiger partial charge in [0.05, 0.1) is 14.1 Å².